The highest BCUT2D eigenvalue weighted by Crippen LogP contribution is 2.31. The summed E-state index contributed by atoms with van der Waals surface area (Å²) in [5, 5.41) is 4.50. The van der Waals surface area contributed by atoms with Gasteiger partial charge in [0.05, 0.1) is 25.9 Å². The molecule has 23 heavy (non-hydrogen) atoms. The fourth-order valence-electron chi connectivity index (χ4n) is 2.34. The number of ether oxygens (including phenoxy) is 2. The summed E-state index contributed by atoms with van der Waals surface area (Å²) in [4.78, 5) is 2.11. The summed E-state index contributed by atoms with van der Waals surface area (Å²) in [5.41, 5.74) is 0.820. The number of hydrogen-bond donors (Lipinski definition) is 1. The van der Waals surface area contributed by atoms with E-state index in [0.29, 0.717) is 13.2 Å². The second-order valence-corrected chi connectivity index (χ2v) is 5.85. The Bertz CT molecular complexity index is 595. The lowest BCUT2D eigenvalue weighted by Gasteiger charge is -2.13. The Hall–Kier alpha value is -1.56. The van der Waals surface area contributed by atoms with Crippen LogP contribution in [0.5, 0.6) is 5.75 Å². The molecule has 0 fully saturated rings. The third-order valence-corrected chi connectivity index (χ3v) is 3.63. The Labute approximate surface area is 138 Å². The topological polar surface area (TPSA) is 46.9 Å². The standard InChI is InChI=1S/C18H28N2O3/c1-5-22-16-8-6-7-15-13-17(23-18(15)16)14(2)19-9-11-21-12-10-20(3)4/h6-8,13-14,19H,5,9-12H2,1-4H3/t14-/m1/s1. The molecule has 0 saturated carbocycles. The first-order chi connectivity index (χ1) is 11.1. The van der Waals surface area contributed by atoms with Gasteiger partial charge in [-0.15, -0.1) is 0 Å². The minimum Gasteiger partial charge on any atom is -0.490 e. The summed E-state index contributed by atoms with van der Waals surface area (Å²) >= 11 is 0. The maximum absolute atomic E-state index is 5.99. The Kier molecular flexibility index (Phi) is 6.89. The van der Waals surface area contributed by atoms with Gasteiger partial charge in [-0.1, -0.05) is 12.1 Å². The smallest absolute Gasteiger partial charge is 0.176 e. The van der Waals surface area contributed by atoms with E-state index in [0.717, 1.165) is 42.2 Å². The van der Waals surface area contributed by atoms with E-state index in [1.807, 2.05) is 39.2 Å². The van der Waals surface area contributed by atoms with Crippen molar-refractivity contribution >= 4 is 11.0 Å². The molecule has 0 aliphatic rings. The molecule has 128 valence electrons. The molecule has 0 spiro atoms. The number of rotatable bonds is 10. The van der Waals surface area contributed by atoms with Crippen molar-refractivity contribution in [1.82, 2.24) is 10.2 Å². The Morgan fingerprint density at radius 2 is 2.09 bits per heavy atom. The highest BCUT2D eigenvalue weighted by Gasteiger charge is 2.13. The molecule has 0 bridgehead atoms. The zero-order valence-electron chi connectivity index (χ0n) is 14.6. The van der Waals surface area contributed by atoms with Gasteiger partial charge < -0.3 is 24.1 Å². The number of fused-ring (bicyclic) bond motifs is 1. The molecule has 0 radical (unpaired) electrons. The number of benzene rings is 1. The molecule has 0 aliphatic carbocycles. The third-order valence-electron chi connectivity index (χ3n) is 3.63. The van der Waals surface area contributed by atoms with Crippen LogP contribution in [0, 0.1) is 0 Å². The van der Waals surface area contributed by atoms with Gasteiger partial charge in [-0.3, -0.25) is 0 Å². The van der Waals surface area contributed by atoms with Crippen molar-refractivity contribution in [1.29, 1.82) is 0 Å². The molecule has 5 nitrogen and oxygen atoms in total. The van der Waals surface area contributed by atoms with Crippen LogP contribution in [0.2, 0.25) is 0 Å². The van der Waals surface area contributed by atoms with Crippen molar-refractivity contribution in [3.05, 3.63) is 30.0 Å². The van der Waals surface area contributed by atoms with Gasteiger partial charge in [0.25, 0.3) is 0 Å². The van der Waals surface area contributed by atoms with E-state index in [1.54, 1.807) is 0 Å². The molecular formula is C18H28N2O3. The Morgan fingerprint density at radius 3 is 2.83 bits per heavy atom. The Morgan fingerprint density at radius 1 is 1.26 bits per heavy atom. The lowest BCUT2D eigenvalue weighted by Crippen LogP contribution is -2.25. The van der Waals surface area contributed by atoms with Crippen molar-refractivity contribution in [2.24, 2.45) is 0 Å². The molecule has 1 heterocycles. The number of nitrogens with one attached hydrogen (secondary N) is 1. The van der Waals surface area contributed by atoms with E-state index in [1.165, 1.54) is 0 Å². The van der Waals surface area contributed by atoms with E-state index in [9.17, 15) is 0 Å². The molecule has 2 rings (SSSR count). The summed E-state index contributed by atoms with van der Waals surface area (Å²) in [6, 6.07) is 8.18. The van der Waals surface area contributed by atoms with E-state index in [2.05, 4.69) is 23.2 Å². The largest absolute Gasteiger partial charge is 0.490 e. The van der Waals surface area contributed by atoms with Crippen molar-refractivity contribution < 1.29 is 13.9 Å². The zero-order chi connectivity index (χ0) is 16.7. The van der Waals surface area contributed by atoms with Gasteiger partial charge in [-0.05, 0) is 40.1 Å². The molecule has 0 amide bonds. The first-order valence-electron chi connectivity index (χ1n) is 8.23. The van der Waals surface area contributed by atoms with Crippen LogP contribution >= 0.6 is 0 Å². The van der Waals surface area contributed by atoms with Crippen LogP contribution in [0.1, 0.15) is 25.6 Å². The molecule has 0 unspecified atom stereocenters. The fraction of sp³-hybridized carbons (Fsp3) is 0.556. The van der Waals surface area contributed by atoms with Gasteiger partial charge in [0.1, 0.15) is 5.76 Å². The third kappa shape index (κ3) is 5.23. The van der Waals surface area contributed by atoms with Crippen molar-refractivity contribution in [2.45, 2.75) is 19.9 Å². The first-order valence-corrected chi connectivity index (χ1v) is 8.23. The Balaban J connectivity index is 1.86. The molecule has 1 aromatic carbocycles. The van der Waals surface area contributed by atoms with E-state index >= 15 is 0 Å². The maximum Gasteiger partial charge on any atom is 0.176 e. The van der Waals surface area contributed by atoms with Gasteiger partial charge in [-0.25, -0.2) is 0 Å². The molecule has 2 aromatic rings. The van der Waals surface area contributed by atoms with Crippen LogP contribution in [0.15, 0.2) is 28.7 Å². The van der Waals surface area contributed by atoms with Crippen molar-refractivity contribution in [3.63, 3.8) is 0 Å². The SMILES string of the molecule is CCOc1cccc2cc([C@@H](C)NCCOCCN(C)C)oc12. The summed E-state index contributed by atoms with van der Waals surface area (Å²) in [7, 11) is 4.09. The molecule has 1 aromatic heterocycles. The molecule has 1 N–H and O–H groups in total. The van der Waals surface area contributed by atoms with Gasteiger partial charge >= 0.3 is 0 Å². The average molecular weight is 320 g/mol. The van der Waals surface area contributed by atoms with Gasteiger partial charge in [0.2, 0.25) is 0 Å². The predicted molar refractivity (Wildman–Crippen MR) is 93.2 cm³/mol. The van der Waals surface area contributed by atoms with E-state index < -0.39 is 0 Å². The van der Waals surface area contributed by atoms with Crippen LogP contribution in [0.4, 0.5) is 0 Å². The highest BCUT2D eigenvalue weighted by atomic mass is 16.5. The van der Waals surface area contributed by atoms with Gasteiger partial charge in [0, 0.05) is 18.5 Å². The molecule has 0 aliphatic heterocycles. The lowest BCUT2D eigenvalue weighted by atomic mass is 10.2. The quantitative estimate of drug-likeness (QED) is 0.682. The van der Waals surface area contributed by atoms with Crippen LogP contribution < -0.4 is 10.1 Å². The van der Waals surface area contributed by atoms with Crippen LogP contribution in [-0.2, 0) is 4.74 Å². The zero-order valence-corrected chi connectivity index (χ0v) is 14.6. The monoisotopic (exact) mass is 320 g/mol. The molecule has 1 atom stereocenters. The summed E-state index contributed by atoms with van der Waals surface area (Å²) in [6.07, 6.45) is 0. The molecule has 0 saturated heterocycles. The molecular weight excluding hydrogens is 292 g/mol. The van der Waals surface area contributed by atoms with Gasteiger partial charge in [0.15, 0.2) is 11.3 Å². The fourth-order valence-corrected chi connectivity index (χ4v) is 2.34. The minimum atomic E-state index is 0.134. The van der Waals surface area contributed by atoms with E-state index in [4.69, 9.17) is 13.9 Å². The highest BCUT2D eigenvalue weighted by molar-refractivity contribution is 5.83. The number of nitrogens with zero attached hydrogens (tertiary/aromatic N) is 1. The number of para-hydroxylation sites is 1. The predicted octanol–water partition coefficient (Wildman–Crippen LogP) is 3.06. The summed E-state index contributed by atoms with van der Waals surface area (Å²) in [6.45, 7) is 7.89. The first kappa shape index (κ1) is 17.8. The van der Waals surface area contributed by atoms with Gasteiger partial charge in [-0.2, -0.15) is 0 Å². The number of hydrogen-bond acceptors (Lipinski definition) is 5. The maximum atomic E-state index is 5.99. The van der Waals surface area contributed by atoms with Crippen molar-refractivity contribution in [2.75, 3.05) is 47.0 Å². The van der Waals surface area contributed by atoms with Crippen LogP contribution in [0.25, 0.3) is 11.0 Å². The second-order valence-electron chi connectivity index (χ2n) is 5.85. The minimum absolute atomic E-state index is 0.134. The molecule has 5 heteroatoms. The summed E-state index contributed by atoms with van der Waals surface area (Å²) < 4.78 is 17.2. The van der Waals surface area contributed by atoms with Crippen LogP contribution in [-0.4, -0.2) is 51.9 Å². The van der Waals surface area contributed by atoms with Crippen LogP contribution in [0.3, 0.4) is 0 Å². The number of furan rings is 1. The lowest BCUT2D eigenvalue weighted by molar-refractivity contribution is 0.117. The second kappa shape index (κ2) is 8.91. The average Bonchev–Trinajstić information content (AvgIpc) is 2.96. The van der Waals surface area contributed by atoms with E-state index in [-0.39, 0.29) is 6.04 Å². The normalized spacial score (nSPS) is 12.9. The summed E-state index contributed by atoms with van der Waals surface area (Å²) in [5.74, 6) is 1.72. The number of likely N-dealkylation sites (N-methyl/N-ethyl adjacent to an activating group) is 1. The van der Waals surface area contributed by atoms with Crippen molar-refractivity contribution in [3.8, 4) is 5.75 Å².